The van der Waals surface area contributed by atoms with Gasteiger partial charge in [-0.25, -0.2) is 9.59 Å². The van der Waals surface area contributed by atoms with Crippen LogP contribution >= 0.6 is 31.8 Å². The van der Waals surface area contributed by atoms with Crippen LogP contribution < -0.4 is 56.3 Å². The molecule has 0 unspecified atom stereocenters. The zero-order valence-corrected chi connectivity index (χ0v) is 71.7. The van der Waals surface area contributed by atoms with E-state index in [0.29, 0.717) is 31.4 Å². The van der Waals surface area contributed by atoms with Crippen molar-refractivity contribution in [3.8, 4) is 23.0 Å². The molecule has 0 bridgehead atoms. The second kappa shape index (κ2) is 43.5. The predicted molar refractivity (Wildman–Crippen MR) is 481 cm³/mol. The smallest absolute Gasteiger partial charge is 0.410 e. The van der Waals surface area contributed by atoms with Crippen LogP contribution in [0.25, 0.3) is 0 Å². The molecule has 8 aromatic carbocycles. The number of aryl methyl sites for hydroxylation is 2. The number of benzene rings is 8. The Bertz CT molecular complexity index is 4400. The van der Waals surface area contributed by atoms with E-state index in [1.807, 2.05) is 53.8 Å². The molecule has 18 heteroatoms. The Morgan fingerprint density at radius 1 is 0.500 bits per heavy atom. The number of nitrogens with zero attached hydrogens (tertiary/aromatic N) is 5. The molecule has 116 heavy (non-hydrogen) atoms. The molecule has 0 aliphatic carbocycles. The minimum absolute atomic E-state index is 0. The lowest BCUT2D eigenvalue weighted by molar-refractivity contribution is 0.0177. The highest BCUT2D eigenvalue weighted by Gasteiger charge is 2.40. The first-order valence-corrected chi connectivity index (χ1v) is 44.5. The summed E-state index contributed by atoms with van der Waals surface area (Å²) in [5.74, 6) is 4.74. The van der Waals surface area contributed by atoms with Gasteiger partial charge in [0.05, 0.1) is 49.6 Å². The minimum atomic E-state index is -0.824. The zero-order chi connectivity index (χ0) is 80.4. The van der Waals surface area contributed by atoms with E-state index in [1.165, 1.54) is 60.5 Å². The van der Waals surface area contributed by atoms with Gasteiger partial charge in [0.15, 0.2) is 0 Å². The quantitative estimate of drug-likeness (QED) is 0.0428. The molecule has 2 amide bonds. The molecular formula is C98H119BrN6O9P2. The summed E-state index contributed by atoms with van der Waals surface area (Å²) in [6.45, 7) is 26.0. The molecule has 1 N–H and O–H groups in total. The summed E-state index contributed by atoms with van der Waals surface area (Å²) in [5.41, 5.74) is 5.15. The number of fused-ring (bicyclic) bond motifs is 2. The van der Waals surface area contributed by atoms with Crippen molar-refractivity contribution in [1.82, 2.24) is 25.1 Å². The summed E-state index contributed by atoms with van der Waals surface area (Å²) in [6, 6.07) is 82.4. The number of nitrogens with one attached hydrogen (secondary N) is 1. The lowest BCUT2D eigenvalue weighted by Gasteiger charge is -2.38. The van der Waals surface area contributed by atoms with Gasteiger partial charge in [0, 0.05) is 95.7 Å². The molecule has 5 aliphatic rings. The number of halogens is 1. The Labute approximate surface area is 701 Å². The highest BCUT2D eigenvalue weighted by molar-refractivity contribution is 9.10. The van der Waals surface area contributed by atoms with Crippen LogP contribution in [0.3, 0.4) is 0 Å². The molecule has 7 heterocycles. The average Bonchev–Trinajstić information content (AvgIpc) is 1.28. The Morgan fingerprint density at radius 2 is 0.922 bits per heavy atom. The van der Waals surface area contributed by atoms with Gasteiger partial charge in [-0.3, -0.25) is 9.97 Å². The molecule has 10 aromatic rings. The molecule has 612 valence electrons. The Morgan fingerprint density at radius 3 is 1.34 bits per heavy atom. The molecule has 0 saturated carbocycles. The number of pyridine rings is 2. The molecule has 0 radical (unpaired) electrons. The molecule has 15 rings (SSSR count). The second-order valence-electron chi connectivity index (χ2n) is 32.6. The van der Waals surface area contributed by atoms with E-state index in [4.69, 9.17) is 33.2 Å². The first-order chi connectivity index (χ1) is 55.8. The number of amides is 2. The average molecular weight is 1670 g/mol. The van der Waals surface area contributed by atoms with Crippen LogP contribution in [0.2, 0.25) is 0 Å². The number of ether oxygens (including phenoxy) is 7. The van der Waals surface area contributed by atoms with Crippen LogP contribution in [0, 0.1) is 11.8 Å². The molecule has 4 atom stereocenters. The number of likely N-dealkylation sites (tertiary alicyclic amines) is 2. The van der Waals surface area contributed by atoms with Crippen LogP contribution in [0.1, 0.15) is 136 Å². The van der Waals surface area contributed by atoms with Crippen molar-refractivity contribution in [2.75, 3.05) is 83.8 Å². The van der Waals surface area contributed by atoms with Crippen LogP contribution in [0.15, 0.2) is 260 Å². The van der Waals surface area contributed by atoms with Crippen LogP contribution in [-0.2, 0) is 37.2 Å². The number of rotatable bonds is 25. The summed E-state index contributed by atoms with van der Waals surface area (Å²) in [5, 5.41) is 11.2. The Kier molecular flexibility index (Phi) is 32.9. The van der Waals surface area contributed by atoms with Crippen molar-refractivity contribution < 1.29 is 42.7 Å². The molecule has 15 nitrogen and oxygen atoms in total. The van der Waals surface area contributed by atoms with Crippen molar-refractivity contribution in [3.63, 3.8) is 0 Å². The Hall–Kier alpha value is -8.98. The predicted octanol–water partition coefficient (Wildman–Crippen LogP) is 19.5. The van der Waals surface area contributed by atoms with Gasteiger partial charge < -0.3 is 53.2 Å². The van der Waals surface area contributed by atoms with Crippen LogP contribution in [0.4, 0.5) is 15.3 Å². The number of carbonyl (C=O) groups is 2. The fraction of sp³-hybridized carbons (Fsp3) is 0.388. The maximum Gasteiger partial charge on any atom is 0.410 e. The van der Waals surface area contributed by atoms with E-state index in [1.54, 1.807) is 28.4 Å². The van der Waals surface area contributed by atoms with E-state index in [2.05, 4.69) is 274 Å². The third-order valence-corrected chi connectivity index (χ3v) is 26.4. The van der Waals surface area contributed by atoms with Gasteiger partial charge in [-0.2, -0.15) is 0 Å². The fourth-order valence-corrected chi connectivity index (χ4v) is 20.4. The largest absolute Gasteiger partial charge is 0.490 e. The van der Waals surface area contributed by atoms with Crippen molar-refractivity contribution in [2.24, 2.45) is 11.8 Å². The van der Waals surface area contributed by atoms with E-state index < -0.39 is 27.0 Å². The lowest BCUT2D eigenvalue weighted by Crippen LogP contribution is -2.42. The van der Waals surface area contributed by atoms with E-state index in [-0.39, 0.29) is 37.1 Å². The summed E-state index contributed by atoms with van der Waals surface area (Å²) >= 11 is 3.36. The standard InChI is InChI=1S/C39H32OP2.C29H41N3O4.C15H21BrN2O3.C14H21NO.CH4/c1-39(2)33-25-15-27-35(41(29-17-7-3-8-18-29)30-19-9-4-10-20-30)37(33)40-38-34(39)26-16-28-36(38)42(31-21-11-5-12-22-31)32-23-13-6-14-24-32;1-29(2,3)36-28(33)32-14-7-12-25(32)22-35-27-17-26(18-30-19-27)31-15-13-24(20-31)21-34-16-8-11-23-9-5-4-6-10-23;1-15(2,3)21-14(19)18-6-4-5-12(18)10-20-13-7-11(16)8-17-9-13;1-2-5-13(6-3-1)7-4-10-16-12-14-8-9-15-11-14;/h3-28H,1-2H3;4-6,9-10,17-19,24-25H,7-8,11-16,20-22H2,1-3H3;7-9,12H,4-6,10H2,1-3H3;1-3,5-6,14-15H,4,7-12H2;1H4/t;24-,25+;12-;14-;/m.101./s1. The summed E-state index contributed by atoms with van der Waals surface area (Å²) < 4.78 is 42.6. The molecular weight excluding hydrogens is 1550 g/mol. The van der Waals surface area contributed by atoms with Gasteiger partial charge in [-0.1, -0.05) is 240 Å². The van der Waals surface area contributed by atoms with E-state index in [9.17, 15) is 9.59 Å². The van der Waals surface area contributed by atoms with Gasteiger partial charge >= 0.3 is 12.2 Å². The van der Waals surface area contributed by atoms with E-state index in [0.717, 1.165) is 150 Å². The molecule has 4 fully saturated rings. The first kappa shape index (κ1) is 87.8. The Balaban J connectivity index is 0.000000161. The third-order valence-electron chi connectivity index (χ3n) is 21.1. The van der Waals surface area contributed by atoms with Gasteiger partial charge in [-0.15, -0.1) is 0 Å². The van der Waals surface area contributed by atoms with E-state index >= 15 is 0 Å². The molecule has 2 aromatic heterocycles. The summed E-state index contributed by atoms with van der Waals surface area (Å²) in [6.07, 6.45) is 17.1. The monoisotopic (exact) mass is 1660 g/mol. The second-order valence-corrected chi connectivity index (χ2v) is 37.9. The highest BCUT2D eigenvalue weighted by Crippen LogP contribution is 2.52. The normalized spacial score (nSPS) is 17.2. The van der Waals surface area contributed by atoms with Crippen molar-refractivity contribution in [3.05, 3.63) is 282 Å². The number of para-hydroxylation sites is 2. The molecule has 4 saturated heterocycles. The SMILES string of the molecule is C.CC(C)(C)OC(=O)N1CCC[C@H]1COc1cncc(Br)c1.CC(C)(C)OC(=O)N1CCC[C@H]1COc1cncc(N2CC[C@@H](COCCCc3ccccc3)C2)c1.CC1(C)c2cccc(P(c3ccccc3)c3ccccc3)c2Oc2c(P(c3ccccc3)c3ccccc3)cccc21.c1ccc(CCCOC[C@@H]2CCNC2)cc1. The molecule has 0 spiro atoms. The number of anilines is 1. The number of carbonyl (C=O) groups excluding carboxylic acids is 2. The van der Waals surface area contributed by atoms with Crippen LogP contribution in [0.5, 0.6) is 23.0 Å². The first-order valence-electron chi connectivity index (χ1n) is 41.0. The van der Waals surface area contributed by atoms with Crippen molar-refractivity contribution >= 4 is 81.5 Å². The summed E-state index contributed by atoms with van der Waals surface area (Å²) in [7, 11) is -1.65. The maximum atomic E-state index is 12.5. The topological polar surface area (TPSA) is 146 Å². The van der Waals surface area contributed by atoms with Gasteiger partial charge in [-0.05, 0) is 188 Å². The molecule has 5 aliphatic heterocycles. The van der Waals surface area contributed by atoms with Gasteiger partial charge in [0.2, 0.25) is 0 Å². The number of hydrogen-bond acceptors (Lipinski definition) is 13. The number of hydrogen-bond donors (Lipinski definition) is 1. The maximum absolute atomic E-state index is 12.5. The summed E-state index contributed by atoms with van der Waals surface area (Å²) in [4.78, 5) is 39.1. The fourth-order valence-electron chi connectivity index (χ4n) is 15.3. The van der Waals surface area contributed by atoms with Crippen molar-refractivity contribution in [2.45, 2.75) is 156 Å². The van der Waals surface area contributed by atoms with Crippen LogP contribution in [-0.4, -0.2) is 134 Å². The van der Waals surface area contributed by atoms with Gasteiger partial charge in [0.1, 0.15) is 47.4 Å². The lowest BCUT2D eigenvalue weighted by atomic mass is 9.76. The minimum Gasteiger partial charge on any atom is -0.490 e. The van der Waals surface area contributed by atoms with Crippen molar-refractivity contribution in [1.29, 1.82) is 0 Å². The number of aromatic nitrogens is 2. The van der Waals surface area contributed by atoms with Gasteiger partial charge in [0.25, 0.3) is 0 Å². The highest BCUT2D eigenvalue weighted by atomic mass is 79.9. The third kappa shape index (κ3) is 25.5. The zero-order valence-electron chi connectivity index (χ0n) is 68.3.